The molecular formula is C13H27N3O. The highest BCUT2D eigenvalue weighted by Crippen LogP contribution is 2.28. The van der Waals surface area contributed by atoms with Crippen LogP contribution in [0.3, 0.4) is 0 Å². The summed E-state index contributed by atoms with van der Waals surface area (Å²) in [6.07, 6.45) is 2.23. The van der Waals surface area contributed by atoms with Crippen LogP contribution in [0.5, 0.6) is 0 Å². The molecule has 1 heterocycles. The Morgan fingerprint density at radius 2 is 1.82 bits per heavy atom. The lowest BCUT2D eigenvalue weighted by molar-refractivity contribution is -0.0705. The summed E-state index contributed by atoms with van der Waals surface area (Å²) in [6, 6.07) is 0. The Hall–Kier alpha value is -0.770. The Kier molecular flexibility index (Phi) is 4.80. The van der Waals surface area contributed by atoms with E-state index in [0.717, 1.165) is 32.0 Å². The van der Waals surface area contributed by atoms with E-state index >= 15 is 0 Å². The summed E-state index contributed by atoms with van der Waals surface area (Å²) in [7, 11) is 8.14. The summed E-state index contributed by atoms with van der Waals surface area (Å²) in [5, 5.41) is 0. The van der Waals surface area contributed by atoms with Crippen LogP contribution in [-0.2, 0) is 4.74 Å². The van der Waals surface area contributed by atoms with E-state index in [1.165, 1.54) is 0 Å². The van der Waals surface area contributed by atoms with E-state index < -0.39 is 0 Å². The summed E-state index contributed by atoms with van der Waals surface area (Å²) in [5.74, 6) is 1.68. The highest BCUT2D eigenvalue weighted by atomic mass is 16.5. The summed E-state index contributed by atoms with van der Waals surface area (Å²) in [5.41, 5.74) is 0.0227. The van der Waals surface area contributed by atoms with Crippen LogP contribution in [-0.4, -0.2) is 62.7 Å². The van der Waals surface area contributed by atoms with Gasteiger partial charge in [0.05, 0.1) is 5.60 Å². The van der Waals surface area contributed by atoms with Crippen LogP contribution in [0.1, 0.15) is 26.7 Å². The molecule has 0 aromatic rings. The van der Waals surface area contributed by atoms with Crippen LogP contribution in [0, 0.1) is 5.92 Å². The van der Waals surface area contributed by atoms with Crippen LogP contribution < -0.4 is 0 Å². The number of guanidine groups is 1. The van der Waals surface area contributed by atoms with E-state index in [1.54, 1.807) is 0 Å². The van der Waals surface area contributed by atoms with Crippen molar-refractivity contribution in [2.45, 2.75) is 32.3 Å². The van der Waals surface area contributed by atoms with Gasteiger partial charge < -0.3 is 14.5 Å². The smallest absolute Gasteiger partial charge is 0.195 e. The third-order valence-corrected chi connectivity index (χ3v) is 3.09. The van der Waals surface area contributed by atoms with Gasteiger partial charge in [-0.3, -0.25) is 4.99 Å². The largest absolute Gasteiger partial charge is 0.376 e. The van der Waals surface area contributed by atoms with Crippen molar-refractivity contribution in [1.82, 2.24) is 9.80 Å². The molecule has 1 saturated heterocycles. The molecule has 100 valence electrons. The van der Waals surface area contributed by atoms with Crippen molar-refractivity contribution >= 4 is 5.96 Å². The highest BCUT2D eigenvalue weighted by molar-refractivity contribution is 5.79. The molecule has 0 bridgehead atoms. The molecule has 4 heteroatoms. The van der Waals surface area contributed by atoms with E-state index in [0.29, 0.717) is 5.92 Å². The molecule has 1 rings (SSSR count). The van der Waals surface area contributed by atoms with Gasteiger partial charge in [-0.2, -0.15) is 0 Å². The van der Waals surface area contributed by atoms with Gasteiger partial charge in [-0.1, -0.05) is 0 Å². The summed E-state index contributed by atoms with van der Waals surface area (Å²) in [6.45, 7) is 6.11. The average Bonchev–Trinajstić information content (AvgIpc) is 2.15. The molecule has 1 unspecified atom stereocenters. The maximum atomic E-state index is 5.73. The zero-order valence-electron chi connectivity index (χ0n) is 12.2. The molecule has 1 fully saturated rings. The minimum Gasteiger partial charge on any atom is -0.376 e. The zero-order chi connectivity index (χ0) is 13.1. The van der Waals surface area contributed by atoms with Crippen molar-refractivity contribution in [3.63, 3.8) is 0 Å². The lowest BCUT2D eigenvalue weighted by atomic mass is 9.88. The van der Waals surface area contributed by atoms with Gasteiger partial charge in [0.15, 0.2) is 5.96 Å². The minimum atomic E-state index is 0.0227. The van der Waals surface area contributed by atoms with Gasteiger partial charge in [0.1, 0.15) is 0 Å². The van der Waals surface area contributed by atoms with E-state index in [-0.39, 0.29) is 5.60 Å². The first-order chi connectivity index (χ1) is 7.82. The topological polar surface area (TPSA) is 28.1 Å². The van der Waals surface area contributed by atoms with Gasteiger partial charge in [-0.25, -0.2) is 0 Å². The van der Waals surface area contributed by atoms with Crippen LogP contribution in [0.4, 0.5) is 0 Å². The van der Waals surface area contributed by atoms with Crippen molar-refractivity contribution in [2.24, 2.45) is 10.9 Å². The molecule has 0 aliphatic carbocycles. The fraction of sp³-hybridized carbons (Fsp3) is 0.923. The Bertz CT molecular complexity index is 262. The SMILES string of the molecule is CN(C)C(=NCC1CCOC(C)(C)C1)N(C)C. The second-order valence-electron chi connectivity index (χ2n) is 5.90. The third kappa shape index (κ3) is 4.54. The molecule has 1 atom stereocenters. The lowest BCUT2D eigenvalue weighted by Gasteiger charge is -2.35. The molecular weight excluding hydrogens is 214 g/mol. The van der Waals surface area contributed by atoms with Crippen molar-refractivity contribution in [3.8, 4) is 0 Å². The number of hydrogen-bond acceptors (Lipinski definition) is 2. The number of hydrogen-bond donors (Lipinski definition) is 0. The fourth-order valence-electron chi connectivity index (χ4n) is 2.41. The maximum Gasteiger partial charge on any atom is 0.195 e. The Balaban J connectivity index is 2.56. The van der Waals surface area contributed by atoms with Gasteiger partial charge in [0.2, 0.25) is 0 Å². The highest BCUT2D eigenvalue weighted by Gasteiger charge is 2.28. The first kappa shape index (κ1) is 14.3. The Morgan fingerprint density at radius 3 is 2.29 bits per heavy atom. The van der Waals surface area contributed by atoms with Crippen molar-refractivity contribution in [1.29, 1.82) is 0 Å². The zero-order valence-corrected chi connectivity index (χ0v) is 12.2. The first-order valence-corrected chi connectivity index (χ1v) is 6.35. The second-order valence-corrected chi connectivity index (χ2v) is 5.90. The molecule has 0 aromatic heterocycles. The Morgan fingerprint density at radius 1 is 1.24 bits per heavy atom. The average molecular weight is 241 g/mol. The van der Waals surface area contributed by atoms with Crippen LogP contribution >= 0.6 is 0 Å². The molecule has 0 N–H and O–H groups in total. The van der Waals surface area contributed by atoms with Gasteiger partial charge in [-0.05, 0) is 32.6 Å². The van der Waals surface area contributed by atoms with E-state index in [9.17, 15) is 0 Å². The summed E-state index contributed by atoms with van der Waals surface area (Å²) >= 11 is 0. The van der Waals surface area contributed by atoms with E-state index in [2.05, 4.69) is 23.6 Å². The standard InChI is InChI=1S/C13H27N3O/c1-13(2)9-11(7-8-17-13)10-14-12(15(3)4)16(5)6/h11H,7-10H2,1-6H3. The molecule has 0 spiro atoms. The number of rotatable bonds is 2. The molecule has 17 heavy (non-hydrogen) atoms. The van der Waals surface area contributed by atoms with E-state index in [4.69, 9.17) is 9.73 Å². The maximum absolute atomic E-state index is 5.73. The number of ether oxygens (including phenoxy) is 1. The monoisotopic (exact) mass is 241 g/mol. The minimum absolute atomic E-state index is 0.0227. The molecule has 0 amide bonds. The first-order valence-electron chi connectivity index (χ1n) is 6.35. The van der Waals surface area contributed by atoms with Gasteiger partial charge in [0.25, 0.3) is 0 Å². The molecule has 1 aliphatic heterocycles. The van der Waals surface area contributed by atoms with Gasteiger partial charge >= 0.3 is 0 Å². The predicted molar refractivity (Wildman–Crippen MR) is 72.4 cm³/mol. The van der Waals surface area contributed by atoms with E-state index in [1.807, 2.05) is 28.2 Å². The van der Waals surface area contributed by atoms with Crippen LogP contribution in [0.25, 0.3) is 0 Å². The normalized spacial score (nSPS) is 23.1. The summed E-state index contributed by atoms with van der Waals surface area (Å²) in [4.78, 5) is 8.84. The molecule has 1 aliphatic rings. The van der Waals surface area contributed by atoms with Crippen molar-refractivity contribution in [3.05, 3.63) is 0 Å². The second kappa shape index (κ2) is 5.71. The fourth-order valence-corrected chi connectivity index (χ4v) is 2.41. The molecule has 4 nitrogen and oxygen atoms in total. The molecule has 0 radical (unpaired) electrons. The quantitative estimate of drug-likeness (QED) is 0.544. The van der Waals surface area contributed by atoms with Crippen LogP contribution in [0.2, 0.25) is 0 Å². The Labute approximate surface area is 106 Å². The third-order valence-electron chi connectivity index (χ3n) is 3.09. The van der Waals surface area contributed by atoms with Gasteiger partial charge in [0, 0.05) is 41.3 Å². The van der Waals surface area contributed by atoms with Gasteiger partial charge in [-0.15, -0.1) is 0 Å². The number of aliphatic imine (C=N–C) groups is 1. The lowest BCUT2D eigenvalue weighted by Crippen LogP contribution is -2.38. The van der Waals surface area contributed by atoms with Crippen molar-refractivity contribution < 1.29 is 4.74 Å². The molecule has 0 aromatic carbocycles. The van der Waals surface area contributed by atoms with Crippen molar-refractivity contribution in [2.75, 3.05) is 41.3 Å². The number of nitrogens with zero attached hydrogens (tertiary/aromatic N) is 3. The van der Waals surface area contributed by atoms with Crippen LogP contribution in [0.15, 0.2) is 4.99 Å². The molecule has 0 saturated carbocycles. The summed E-state index contributed by atoms with van der Waals surface area (Å²) < 4.78 is 5.73. The predicted octanol–water partition coefficient (Wildman–Crippen LogP) is 1.67.